The van der Waals surface area contributed by atoms with Crippen LogP contribution in [-0.2, 0) is 28.7 Å². The summed E-state index contributed by atoms with van der Waals surface area (Å²) in [5.74, 6) is -5.15. The third-order valence-electron chi connectivity index (χ3n) is 6.66. The summed E-state index contributed by atoms with van der Waals surface area (Å²) in [5, 5.41) is 0. The van der Waals surface area contributed by atoms with Gasteiger partial charge in [0.25, 0.3) is 0 Å². The Morgan fingerprint density at radius 3 is 1.14 bits per heavy atom. The number of carbonyl (C=O) groups excluding carboxylic acids is 4. The van der Waals surface area contributed by atoms with Gasteiger partial charge in [-0.25, -0.2) is 0 Å². The quantitative estimate of drug-likeness (QED) is 0.434. The van der Waals surface area contributed by atoms with Crippen LogP contribution >= 0.6 is 0 Å². The van der Waals surface area contributed by atoms with E-state index >= 15 is 0 Å². The zero-order valence-electron chi connectivity index (χ0n) is 20.7. The highest BCUT2D eigenvalue weighted by atomic mass is 16.5. The zero-order chi connectivity index (χ0) is 26.3. The Hall–Kier alpha value is -4.08. The minimum absolute atomic E-state index is 0.188. The summed E-state index contributed by atoms with van der Waals surface area (Å²) < 4.78 is 32.7. The van der Waals surface area contributed by atoms with E-state index in [1.165, 1.54) is 42.3 Å². The van der Waals surface area contributed by atoms with Crippen molar-refractivity contribution in [3.05, 3.63) is 46.5 Å². The molecule has 2 aromatic rings. The average molecular weight is 498 g/mol. The molecule has 0 saturated carbocycles. The van der Waals surface area contributed by atoms with Crippen LogP contribution < -0.4 is 18.9 Å². The molecule has 0 fully saturated rings. The van der Waals surface area contributed by atoms with Crippen molar-refractivity contribution >= 4 is 23.9 Å². The molecule has 2 aromatic carbocycles. The molecule has 0 N–H and O–H groups in total. The second kappa shape index (κ2) is 9.52. The highest BCUT2D eigenvalue weighted by molar-refractivity contribution is 5.90. The van der Waals surface area contributed by atoms with Crippen molar-refractivity contribution in [1.82, 2.24) is 0 Å². The highest BCUT2D eigenvalue weighted by Crippen LogP contribution is 2.66. The molecule has 36 heavy (non-hydrogen) atoms. The van der Waals surface area contributed by atoms with E-state index in [9.17, 15) is 19.2 Å². The minimum atomic E-state index is -1.09. The predicted octanol–water partition coefficient (Wildman–Crippen LogP) is 2.72. The summed E-state index contributed by atoms with van der Waals surface area (Å²) in [4.78, 5) is 50.5. The van der Waals surface area contributed by atoms with Crippen molar-refractivity contribution in [3.63, 3.8) is 0 Å². The molecule has 5 rings (SSSR count). The first kappa shape index (κ1) is 25.0. The summed E-state index contributed by atoms with van der Waals surface area (Å²) in [7, 11) is 5.40. The number of methoxy groups -OCH3 is 4. The Morgan fingerprint density at radius 1 is 0.556 bits per heavy atom. The first-order valence-corrected chi connectivity index (χ1v) is 11.1. The van der Waals surface area contributed by atoms with Crippen molar-refractivity contribution in [2.45, 2.75) is 25.7 Å². The number of rotatable bonds is 6. The van der Waals surface area contributed by atoms with Gasteiger partial charge in [-0.2, -0.15) is 0 Å². The largest absolute Gasteiger partial charge is 0.496 e. The van der Waals surface area contributed by atoms with Gasteiger partial charge in [0, 0.05) is 47.9 Å². The molecular weight excluding hydrogens is 472 g/mol. The van der Waals surface area contributed by atoms with Crippen molar-refractivity contribution in [2.24, 2.45) is 11.8 Å². The van der Waals surface area contributed by atoms with Gasteiger partial charge in [0.1, 0.15) is 23.0 Å². The van der Waals surface area contributed by atoms with Crippen LogP contribution in [-0.4, -0.2) is 52.3 Å². The van der Waals surface area contributed by atoms with E-state index in [-0.39, 0.29) is 11.5 Å². The summed E-state index contributed by atoms with van der Waals surface area (Å²) >= 11 is 0. The Labute approximate surface area is 207 Å². The molecule has 0 unspecified atom stereocenters. The smallest absolute Gasteiger partial charge is 0.310 e. The normalized spacial score (nSPS) is 20.9. The minimum Gasteiger partial charge on any atom is -0.496 e. The number of benzene rings is 2. The molecule has 190 valence electrons. The maximum atomic E-state index is 13.3. The van der Waals surface area contributed by atoms with Gasteiger partial charge in [-0.05, 0) is 24.3 Å². The van der Waals surface area contributed by atoms with E-state index in [0.717, 1.165) is 0 Å². The fourth-order valence-corrected chi connectivity index (χ4v) is 5.58. The van der Waals surface area contributed by atoms with Gasteiger partial charge in [0.15, 0.2) is 0 Å². The van der Waals surface area contributed by atoms with E-state index in [0.29, 0.717) is 33.8 Å². The molecule has 2 bridgehead atoms. The second-order valence-electron chi connectivity index (χ2n) is 8.43. The van der Waals surface area contributed by atoms with Gasteiger partial charge in [0.05, 0.1) is 40.3 Å². The van der Waals surface area contributed by atoms with Gasteiger partial charge >= 0.3 is 23.9 Å². The van der Waals surface area contributed by atoms with E-state index in [1.807, 2.05) is 0 Å². The standard InChI is InChI=1S/C26H26O10/c1-11(27)35-15-9-7-13(31-3)17-19(15)22-20-16(36-12(2)28)10-8-14(32-4)18(20)21(17)23(25(29)33-5)24(22)26(30)34-6/h7-10,21-24H,1-6H3/t21?,22?,23-,24+/m0/s1. The molecule has 2 atom stereocenters. The first-order valence-electron chi connectivity index (χ1n) is 11.1. The topological polar surface area (TPSA) is 124 Å². The Bertz CT molecular complexity index is 1190. The van der Waals surface area contributed by atoms with Gasteiger partial charge < -0.3 is 28.4 Å². The van der Waals surface area contributed by atoms with Crippen LogP contribution in [0.25, 0.3) is 0 Å². The van der Waals surface area contributed by atoms with Crippen molar-refractivity contribution < 1.29 is 47.6 Å². The van der Waals surface area contributed by atoms with Crippen LogP contribution in [0.3, 0.4) is 0 Å². The van der Waals surface area contributed by atoms with Crippen LogP contribution in [0.4, 0.5) is 0 Å². The second-order valence-corrected chi connectivity index (χ2v) is 8.43. The molecule has 0 spiro atoms. The summed E-state index contributed by atoms with van der Waals surface area (Å²) in [6.45, 7) is 2.52. The van der Waals surface area contributed by atoms with Crippen LogP contribution in [0.15, 0.2) is 24.3 Å². The van der Waals surface area contributed by atoms with E-state index in [2.05, 4.69) is 0 Å². The van der Waals surface area contributed by atoms with Crippen LogP contribution in [0.1, 0.15) is 47.9 Å². The highest BCUT2D eigenvalue weighted by Gasteiger charge is 2.60. The molecular formula is C26H26O10. The van der Waals surface area contributed by atoms with Crippen molar-refractivity contribution in [1.29, 1.82) is 0 Å². The molecule has 0 radical (unpaired) electrons. The first-order chi connectivity index (χ1) is 17.2. The lowest BCUT2D eigenvalue weighted by Gasteiger charge is -2.49. The fraction of sp³-hybridized carbons (Fsp3) is 0.385. The monoisotopic (exact) mass is 498 g/mol. The number of esters is 4. The third kappa shape index (κ3) is 3.73. The van der Waals surface area contributed by atoms with Crippen LogP contribution in [0.2, 0.25) is 0 Å². The number of carbonyl (C=O) groups is 4. The maximum Gasteiger partial charge on any atom is 0.310 e. The van der Waals surface area contributed by atoms with Crippen LogP contribution in [0.5, 0.6) is 23.0 Å². The van der Waals surface area contributed by atoms with Crippen molar-refractivity contribution in [3.8, 4) is 23.0 Å². The summed E-state index contributed by atoms with van der Waals surface area (Å²) in [6, 6.07) is 6.38. The SMILES string of the molecule is COC(=O)[C@@H]1C2c3c(OC(C)=O)ccc(OC)c3C(c3c(OC)ccc(OC(C)=O)c32)[C@@H]1C(=O)OC. The van der Waals surface area contributed by atoms with E-state index < -0.39 is 47.5 Å². The van der Waals surface area contributed by atoms with E-state index in [4.69, 9.17) is 28.4 Å². The molecule has 10 nitrogen and oxygen atoms in total. The molecule has 0 amide bonds. The lowest BCUT2D eigenvalue weighted by molar-refractivity contribution is -0.160. The molecule has 0 aliphatic heterocycles. The predicted molar refractivity (Wildman–Crippen MR) is 123 cm³/mol. The summed E-state index contributed by atoms with van der Waals surface area (Å²) in [6.07, 6.45) is 0. The van der Waals surface area contributed by atoms with E-state index in [1.54, 1.807) is 24.3 Å². The summed E-state index contributed by atoms with van der Waals surface area (Å²) in [5.41, 5.74) is 2.00. The molecule has 0 aromatic heterocycles. The number of ether oxygens (including phenoxy) is 6. The molecule has 10 heteroatoms. The number of hydrogen-bond acceptors (Lipinski definition) is 10. The Morgan fingerprint density at radius 2 is 0.861 bits per heavy atom. The zero-order valence-corrected chi connectivity index (χ0v) is 20.7. The van der Waals surface area contributed by atoms with Crippen molar-refractivity contribution in [2.75, 3.05) is 28.4 Å². The van der Waals surface area contributed by atoms with Gasteiger partial charge in [-0.15, -0.1) is 0 Å². The van der Waals surface area contributed by atoms with Gasteiger partial charge in [-0.1, -0.05) is 0 Å². The molecule has 3 aliphatic rings. The van der Waals surface area contributed by atoms with Gasteiger partial charge in [0.2, 0.25) is 0 Å². The lowest BCUT2D eigenvalue weighted by atomic mass is 9.53. The Balaban J connectivity index is 2.19. The van der Waals surface area contributed by atoms with Crippen LogP contribution in [0, 0.1) is 11.8 Å². The maximum absolute atomic E-state index is 13.3. The fourth-order valence-electron chi connectivity index (χ4n) is 5.58. The number of hydrogen-bond donors (Lipinski definition) is 0. The lowest BCUT2D eigenvalue weighted by Crippen LogP contribution is -2.48. The molecule has 0 heterocycles. The third-order valence-corrected chi connectivity index (χ3v) is 6.66. The Kier molecular flexibility index (Phi) is 6.62. The molecule has 3 aliphatic carbocycles. The number of fused-ring (bicyclic) bond motifs is 1. The average Bonchev–Trinajstić information content (AvgIpc) is 2.86. The van der Waals surface area contributed by atoms with Gasteiger partial charge in [-0.3, -0.25) is 19.2 Å². The molecule has 0 saturated heterocycles.